The number of nitrogens with one attached hydrogen (secondary N) is 1. The molecule has 0 spiro atoms. The summed E-state index contributed by atoms with van der Waals surface area (Å²) in [6, 6.07) is 3.16. The van der Waals surface area contributed by atoms with Crippen LogP contribution in [0, 0.1) is 10.1 Å². The lowest BCUT2D eigenvalue weighted by molar-refractivity contribution is -0.388. The minimum atomic E-state index is -0.357. The van der Waals surface area contributed by atoms with Crippen molar-refractivity contribution in [1.29, 1.82) is 0 Å². The molecule has 1 aromatic rings. The molecule has 0 radical (unpaired) electrons. The van der Waals surface area contributed by atoms with Crippen molar-refractivity contribution in [3.8, 4) is 0 Å². The van der Waals surface area contributed by atoms with Gasteiger partial charge < -0.3 is 5.32 Å². The first kappa shape index (κ1) is 12.2. The lowest BCUT2D eigenvalue weighted by Gasteiger charge is -2.09. The van der Waals surface area contributed by atoms with Gasteiger partial charge in [0.1, 0.15) is 5.82 Å². The van der Waals surface area contributed by atoms with Gasteiger partial charge in [-0.2, -0.15) is 0 Å². The molecular formula is C11H15N3O2S. The molecule has 1 aliphatic rings. The van der Waals surface area contributed by atoms with Gasteiger partial charge >= 0.3 is 5.69 Å². The number of hydrogen-bond acceptors (Lipinski definition) is 5. The summed E-state index contributed by atoms with van der Waals surface area (Å²) >= 11 is 1.54. The summed E-state index contributed by atoms with van der Waals surface area (Å²) in [6.45, 7) is 0. The molecule has 0 aliphatic heterocycles. The van der Waals surface area contributed by atoms with Crippen LogP contribution in [0.2, 0.25) is 0 Å². The van der Waals surface area contributed by atoms with Crippen LogP contribution < -0.4 is 5.32 Å². The van der Waals surface area contributed by atoms with Crippen LogP contribution in [-0.2, 0) is 0 Å². The molecule has 0 bridgehead atoms. The number of nitrogens with zero attached hydrogens (tertiary/aromatic N) is 2. The van der Waals surface area contributed by atoms with Crippen molar-refractivity contribution in [3.63, 3.8) is 0 Å². The molecule has 0 amide bonds. The number of rotatable bonds is 4. The van der Waals surface area contributed by atoms with Gasteiger partial charge in [-0.3, -0.25) is 10.1 Å². The molecule has 1 aliphatic carbocycles. The topological polar surface area (TPSA) is 68.1 Å². The molecule has 1 aromatic heterocycles. The van der Waals surface area contributed by atoms with Crippen molar-refractivity contribution >= 4 is 23.3 Å². The average Bonchev–Trinajstić information content (AvgIpc) is 2.81. The highest BCUT2D eigenvalue weighted by atomic mass is 32.2. The van der Waals surface area contributed by atoms with Crippen LogP contribution in [0.3, 0.4) is 0 Å². The van der Waals surface area contributed by atoms with Crippen molar-refractivity contribution in [2.75, 3.05) is 12.4 Å². The van der Waals surface area contributed by atoms with Gasteiger partial charge in [-0.05, 0) is 18.9 Å². The number of anilines is 1. The Kier molecular flexibility index (Phi) is 3.83. The van der Waals surface area contributed by atoms with Crippen molar-refractivity contribution < 1.29 is 4.92 Å². The zero-order valence-electron chi connectivity index (χ0n) is 9.68. The third kappa shape index (κ3) is 2.88. The molecule has 0 atom stereocenters. The van der Waals surface area contributed by atoms with Crippen LogP contribution in [0.25, 0.3) is 0 Å². The van der Waals surface area contributed by atoms with E-state index in [1.165, 1.54) is 18.9 Å². The van der Waals surface area contributed by atoms with Crippen molar-refractivity contribution in [3.05, 3.63) is 22.2 Å². The molecule has 0 saturated heterocycles. The Morgan fingerprint density at radius 3 is 2.76 bits per heavy atom. The van der Waals surface area contributed by atoms with Gasteiger partial charge in [0.05, 0.1) is 4.92 Å². The van der Waals surface area contributed by atoms with E-state index in [9.17, 15) is 10.1 Å². The Labute approximate surface area is 104 Å². The molecule has 17 heavy (non-hydrogen) atoms. The van der Waals surface area contributed by atoms with Gasteiger partial charge in [0.15, 0.2) is 5.03 Å². The number of hydrogen-bond donors (Lipinski definition) is 1. The van der Waals surface area contributed by atoms with Crippen LogP contribution in [-0.4, -0.2) is 22.2 Å². The first-order valence-corrected chi connectivity index (χ1v) is 6.58. The summed E-state index contributed by atoms with van der Waals surface area (Å²) in [5.41, 5.74) is 0.112. The molecule has 1 N–H and O–H groups in total. The predicted molar refractivity (Wildman–Crippen MR) is 68.6 cm³/mol. The Morgan fingerprint density at radius 2 is 2.18 bits per heavy atom. The molecule has 1 heterocycles. The maximum absolute atomic E-state index is 10.9. The van der Waals surface area contributed by atoms with Crippen molar-refractivity contribution in [2.24, 2.45) is 0 Å². The standard InChI is InChI=1S/C11H15N3O2S/c1-12-10-7-6-9(14(15)16)11(13-10)17-8-4-2-3-5-8/h6-8H,2-5H2,1H3,(H,12,13). The SMILES string of the molecule is CNc1ccc([N+](=O)[O-])c(SC2CCCC2)n1. The zero-order chi connectivity index (χ0) is 12.3. The second-order valence-corrected chi connectivity index (χ2v) is 5.34. The van der Waals surface area contributed by atoms with E-state index in [1.54, 1.807) is 24.9 Å². The Bertz CT molecular complexity index is 419. The molecule has 2 rings (SSSR count). The molecule has 5 nitrogen and oxygen atoms in total. The molecule has 1 fully saturated rings. The van der Waals surface area contributed by atoms with E-state index < -0.39 is 0 Å². The van der Waals surface area contributed by atoms with Gasteiger partial charge in [-0.1, -0.05) is 24.6 Å². The van der Waals surface area contributed by atoms with E-state index in [2.05, 4.69) is 10.3 Å². The van der Waals surface area contributed by atoms with Gasteiger partial charge in [-0.25, -0.2) is 4.98 Å². The normalized spacial score (nSPS) is 16.1. The molecule has 0 aromatic carbocycles. The zero-order valence-corrected chi connectivity index (χ0v) is 10.5. The fraction of sp³-hybridized carbons (Fsp3) is 0.545. The lowest BCUT2D eigenvalue weighted by atomic mass is 10.4. The quantitative estimate of drug-likeness (QED) is 0.659. The van der Waals surface area contributed by atoms with Gasteiger partial charge in [-0.15, -0.1) is 0 Å². The first-order valence-electron chi connectivity index (χ1n) is 5.70. The highest BCUT2D eigenvalue weighted by molar-refractivity contribution is 8.00. The third-order valence-electron chi connectivity index (χ3n) is 2.87. The molecule has 0 unspecified atom stereocenters. The largest absolute Gasteiger partial charge is 0.373 e. The number of thioether (sulfide) groups is 1. The number of nitro groups is 1. The lowest BCUT2D eigenvalue weighted by Crippen LogP contribution is -2.01. The number of aromatic nitrogens is 1. The van der Waals surface area contributed by atoms with Crippen LogP contribution in [0.15, 0.2) is 17.2 Å². The second-order valence-electron chi connectivity index (χ2n) is 4.05. The summed E-state index contributed by atoms with van der Waals surface area (Å²) in [6.07, 6.45) is 4.70. The average molecular weight is 253 g/mol. The molecule has 6 heteroatoms. The van der Waals surface area contributed by atoms with Crippen LogP contribution >= 0.6 is 11.8 Å². The summed E-state index contributed by atoms with van der Waals surface area (Å²) in [5.74, 6) is 0.677. The minimum Gasteiger partial charge on any atom is -0.373 e. The highest BCUT2D eigenvalue weighted by Crippen LogP contribution is 2.38. The van der Waals surface area contributed by atoms with Crippen LogP contribution in [0.5, 0.6) is 0 Å². The first-order chi connectivity index (χ1) is 8.20. The summed E-state index contributed by atoms with van der Waals surface area (Å²) < 4.78 is 0. The van der Waals surface area contributed by atoms with Crippen molar-refractivity contribution in [1.82, 2.24) is 4.98 Å². The van der Waals surface area contributed by atoms with E-state index in [-0.39, 0.29) is 10.6 Å². The fourth-order valence-corrected chi connectivity index (χ4v) is 3.26. The van der Waals surface area contributed by atoms with E-state index in [0.717, 1.165) is 12.8 Å². The second kappa shape index (κ2) is 5.35. The van der Waals surface area contributed by atoms with Crippen LogP contribution in [0.1, 0.15) is 25.7 Å². The van der Waals surface area contributed by atoms with Gasteiger partial charge in [0, 0.05) is 18.4 Å². The van der Waals surface area contributed by atoms with Gasteiger partial charge in [0.25, 0.3) is 0 Å². The predicted octanol–water partition coefficient (Wildman–Crippen LogP) is 3.07. The summed E-state index contributed by atoms with van der Waals surface area (Å²) in [4.78, 5) is 14.9. The molecular weight excluding hydrogens is 238 g/mol. The Hall–Kier alpha value is -1.30. The minimum absolute atomic E-state index is 0.112. The van der Waals surface area contributed by atoms with E-state index in [1.807, 2.05) is 0 Å². The van der Waals surface area contributed by atoms with E-state index >= 15 is 0 Å². The maximum atomic E-state index is 10.9. The van der Waals surface area contributed by atoms with E-state index in [4.69, 9.17) is 0 Å². The Balaban J connectivity index is 2.24. The van der Waals surface area contributed by atoms with Crippen molar-refractivity contribution in [2.45, 2.75) is 36.0 Å². The Morgan fingerprint density at radius 1 is 1.47 bits per heavy atom. The monoisotopic (exact) mass is 253 g/mol. The third-order valence-corrected chi connectivity index (χ3v) is 4.20. The highest BCUT2D eigenvalue weighted by Gasteiger charge is 2.23. The summed E-state index contributed by atoms with van der Waals surface area (Å²) in [7, 11) is 1.76. The van der Waals surface area contributed by atoms with Crippen LogP contribution in [0.4, 0.5) is 11.5 Å². The maximum Gasteiger partial charge on any atom is 0.301 e. The smallest absolute Gasteiger partial charge is 0.301 e. The molecule has 1 saturated carbocycles. The molecule has 92 valence electrons. The summed E-state index contributed by atoms with van der Waals surface area (Å²) in [5, 5.41) is 14.9. The van der Waals surface area contributed by atoms with E-state index in [0.29, 0.717) is 16.1 Å². The van der Waals surface area contributed by atoms with Gasteiger partial charge in [0.2, 0.25) is 0 Å². The number of pyridine rings is 1. The fourth-order valence-electron chi connectivity index (χ4n) is 1.96.